The van der Waals surface area contributed by atoms with E-state index < -0.39 is 16.8 Å². The van der Waals surface area contributed by atoms with E-state index in [0.717, 1.165) is 31.4 Å². The highest BCUT2D eigenvalue weighted by atomic mass is 16.6. The summed E-state index contributed by atoms with van der Waals surface area (Å²) in [5, 5.41) is 13.8. The van der Waals surface area contributed by atoms with Crippen LogP contribution in [0, 0.1) is 16.0 Å². The molecular weight excluding hydrogens is 312 g/mol. The minimum atomic E-state index is -0.724. The zero-order valence-electron chi connectivity index (χ0n) is 14.5. The lowest BCUT2D eigenvalue weighted by molar-refractivity contribution is -0.384. The molecular formula is C17H24N2O5. The molecule has 0 heterocycles. The first-order chi connectivity index (χ1) is 11.2. The van der Waals surface area contributed by atoms with Crippen LogP contribution < -0.4 is 5.32 Å². The van der Waals surface area contributed by atoms with Crippen LogP contribution in [0.5, 0.6) is 0 Å². The number of ether oxygens (including phenoxy) is 1. The number of nitro groups is 1. The highest BCUT2D eigenvalue weighted by Gasteiger charge is 2.19. The van der Waals surface area contributed by atoms with Crippen molar-refractivity contribution in [3.05, 3.63) is 39.4 Å². The molecule has 0 unspecified atom stereocenters. The third kappa shape index (κ3) is 5.98. The van der Waals surface area contributed by atoms with Crippen LogP contribution in [-0.4, -0.2) is 30.0 Å². The first-order valence-corrected chi connectivity index (χ1v) is 7.93. The third-order valence-corrected chi connectivity index (χ3v) is 3.61. The molecule has 1 aromatic rings. The average Bonchev–Trinajstić information content (AvgIpc) is 2.53. The molecule has 0 aliphatic heterocycles. The number of esters is 1. The lowest BCUT2D eigenvalue weighted by Crippen LogP contribution is -2.32. The molecule has 0 aliphatic carbocycles. The van der Waals surface area contributed by atoms with Gasteiger partial charge in [0.25, 0.3) is 11.6 Å². The van der Waals surface area contributed by atoms with E-state index in [1.807, 2.05) is 6.92 Å². The Bertz CT molecular complexity index is 613. The molecule has 1 N–H and O–H groups in total. The van der Waals surface area contributed by atoms with E-state index in [1.165, 1.54) is 13.2 Å². The van der Waals surface area contributed by atoms with Gasteiger partial charge in [-0.15, -0.1) is 0 Å². The maximum absolute atomic E-state index is 12.3. The molecule has 132 valence electrons. The summed E-state index contributed by atoms with van der Waals surface area (Å²) in [5.41, 5.74) is -0.278. The van der Waals surface area contributed by atoms with Gasteiger partial charge in [-0.05, 0) is 25.3 Å². The van der Waals surface area contributed by atoms with Gasteiger partial charge in [0.15, 0.2) is 0 Å². The smallest absolute Gasteiger partial charge is 0.338 e. The summed E-state index contributed by atoms with van der Waals surface area (Å²) in [7, 11) is 1.18. The summed E-state index contributed by atoms with van der Waals surface area (Å²) in [4.78, 5) is 34.3. The number of nitrogens with zero attached hydrogens (tertiary/aromatic N) is 1. The second-order valence-electron chi connectivity index (χ2n) is 6.22. The van der Waals surface area contributed by atoms with Crippen molar-refractivity contribution in [1.29, 1.82) is 0 Å². The fourth-order valence-corrected chi connectivity index (χ4v) is 2.29. The molecule has 1 amide bonds. The number of methoxy groups -OCH3 is 1. The monoisotopic (exact) mass is 336 g/mol. The molecule has 0 radical (unpaired) electrons. The van der Waals surface area contributed by atoms with Crippen LogP contribution in [0.15, 0.2) is 18.2 Å². The first kappa shape index (κ1) is 19.6. The molecule has 0 aliphatic rings. The Balaban J connectivity index is 2.87. The topological polar surface area (TPSA) is 98.5 Å². The van der Waals surface area contributed by atoms with E-state index in [9.17, 15) is 19.7 Å². The second-order valence-corrected chi connectivity index (χ2v) is 6.22. The number of carbonyl (C=O) groups excluding carboxylic acids is 2. The van der Waals surface area contributed by atoms with Crippen molar-refractivity contribution in [2.45, 2.75) is 46.1 Å². The van der Waals surface area contributed by atoms with Crippen molar-refractivity contribution in [2.24, 2.45) is 5.92 Å². The molecule has 1 rings (SSSR count). The lowest BCUT2D eigenvalue weighted by Gasteiger charge is -2.15. The van der Waals surface area contributed by atoms with Gasteiger partial charge in [-0.1, -0.05) is 26.7 Å². The van der Waals surface area contributed by atoms with Gasteiger partial charge in [0, 0.05) is 23.7 Å². The molecule has 7 heteroatoms. The highest BCUT2D eigenvalue weighted by Crippen LogP contribution is 2.18. The van der Waals surface area contributed by atoms with Crippen LogP contribution in [-0.2, 0) is 4.74 Å². The molecule has 0 fully saturated rings. The standard InChI is InChI=1S/C17H24N2O5/c1-11(2)6-5-7-12(3)18-16(20)13-8-14(17(21)24-4)10-15(9-13)19(22)23/h8-12H,5-7H2,1-4H3,(H,18,20)/t12-/m0/s1. The number of rotatable bonds is 8. The van der Waals surface area contributed by atoms with E-state index >= 15 is 0 Å². The molecule has 0 spiro atoms. The number of nitro benzene ring substituents is 1. The summed E-state index contributed by atoms with van der Waals surface area (Å²) >= 11 is 0. The fraction of sp³-hybridized carbons (Fsp3) is 0.529. The largest absolute Gasteiger partial charge is 0.465 e. The van der Waals surface area contributed by atoms with Gasteiger partial charge in [-0.2, -0.15) is 0 Å². The van der Waals surface area contributed by atoms with Crippen LogP contribution in [0.25, 0.3) is 0 Å². The molecule has 1 aromatic carbocycles. The Morgan fingerprint density at radius 3 is 2.33 bits per heavy atom. The number of benzene rings is 1. The number of carbonyl (C=O) groups is 2. The van der Waals surface area contributed by atoms with Crippen molar-refractivity contribution in [1.82, 2.24) is 5.32 Å². The normalized spacial score (nSPS) is 11.9. The van der Waals surface area contributed by atoms with Gasteiger partial charge in [0.05, 0.1) is 17.6 Å². The predicted molar refractivity (Wildman–Crippen MR) is 90.1 cm³/mol. The quantitative estimate of drug-likeness (QED) is 0.446. The SMILES string of the molecule is COC(=O)c1cc(C(=O)N[C@@H](C)CCCC(C)C)cc([N+](=O)[O-])c1. The van der Waals surface area contributed by atoms with E-state index in [4.69, 9.17) is 0 Å². The Labute approximate surface area is 141 Å². The molecule has 0 saturated carbocycles. The molecule has 7 nitrogen and oxygen atoms in total. The van der Waals surface area contributed by atoms with E-state index in [2.05, 4.69) is 23.9 Å². The summed E-state index contributed by atoms with van der Waals surface area (Å²) < 4.78 is 4.57. The van der Waals surface area contributed by atoms with Gasteiger partial charge >= 0.3 is 5.97 Å². The van der Waals surface area contributed by atoms with Gasteiger partial charge < -0.3 is 10.1 Å². The van der Waals surface area contributed by atoms with E-state index in [0.29, 0.717) is 5.92 Å². The van der Waals surface area contributed by atoms with Gasteiger partial charge in [0.2, 0.25) is 0 Å². The second kappa shape index (κ2) is 9.00. The Morgan fingerprint density at radius 2 is 1.79 bits per heavy atom. The van der Waals surface area contributed by atoms with Gasteiger partial charge in [0.1, 0.15) is 0 Å². The summed E-state index contributed by atoms with van der Waals surface area (Å²) in [6, 6.07) is 3.49. The van der Waals surface area contributed by atoms with Crippen LogP contribution in [0.2, 0.25) is 0 Å². The van der Waals surface area contributed by atoms with Crippen molar-refractivity contribution in [3.63, 3.8) is 0 Å². The summed E-state index contributed by atoms with van der Waals surface area (Å²) in [6.45, 7) is 6.16. The van der Waals surface area contributed by atoms with Crippen molar-refractivity contribution in [2.75, 3.05) is 7.11 Å². The maximum atomic E-state index is 12.3. The van der Waals surface area contributed by atoms with Crippen LogP contribution >= 0.6 is 0 Å². The average molecular weight is 336 g/mol. The summed E-state index contributed by atoms with van der Waals surface area (Å²) in [5.74, 6) is -0.564. The number of hydrogen-bond acceptors (Lipinski definition) is 5. The Kier molecular flexibility index (Phi) is 7.35. The minimum absolute atomic E-state index is 0.0238. The van der Waals surface area contributed by atoms with Gasteiger partial charge in [-0.25, -0.2) is 4.79 Å². The van der Waals surface area contributed by atoms with Crippen molar-refractivity contribution < 1.29 is 19.2 Å². The zero-order chi connectivity index (χ0) is 18.3. The molecule has 0 aromatic heterocycles. The van der Waals surface area contributed by atoms with Crippen LogP contribution in [0.3, 0.4) is 0 Å². The number of hydrogen-bond donors (Lipinski definition) is 1. The minimum Gasteiger partial charge on any atom is -0.465 e. The first-order valence-electron chi connectivity index (χ1n) is 7.93. The predicted octanol–water partition coefficient (Wildman–Crippen LogP) is 3.33. The van der Waals surface area contributed by atoms with Crippen LogP contribution in [0.1, 0.15) is 60.7 Å². The van der Waals surface area contributed by atoms with Gasteiger partial charge in [-0.3, -0.25) is 14.9 Å². The molecule has 1 atom stereocenters. The number of nitrogens with one attached hydrogen (secondary N) is 1. The zero-order valence-corrected chi connectivity index (χ0v) is 14.5. The molecule has 24 heavy (non-hydrogen) atoms. The van der Waals surface area contributed by atoms with E-state index in [1.54, 1.807) is 0 Å². The number of amides is 1. The lowest BCUT2D eigenvalue weighted by atomic mass is 10.0. The molecule has 0 bridgehead atoms. The third-order valence-electron chi connectivity index (χ3n) is 3.61. The van der Waals surface area contributed by atoms with Crippen LogP contribution in [0.4, 0.5) is 5.69 Å². The van der Waals surface area contributed by atoms with E-state index in [-0.39, 0.29) is 22.9 Å². The summed E-state index contributed by atoms with van der Waals surface area (Å²) in [6.07, 6.45) is 2.88. The highest BCUT2D eigenvalue weighted by molar-refractivity contribution is 5.99. The Hall–Kier alpha value is -2.44. The number of non-ortho nitro benzene ring substituents is 1. The maximum Gasteiger partial charge on any atom is 0.338 e. The molecule has 0 saturated heterocycles. The van der Waals surface area contributed by atoms with Crippen molar-refractivity contribution >= 4 is 17.6 Å². The van der Waals surface area contributed by atoms with Crippen molar-refractivity contribution in [3.8, 4) is 0 Å². The fourth-order valence-electron chi connectivity index (χ4n) is 2.29. The Morgan fingerprint density at radius 1 is 1.17 bits per heavy atom.